The number of hydrazine groups is 1. The molecule has 1 aliphatic heterocycles. The molecule has 0 unspecified atom stereocenters. The first-order chi connectivity index (χ1) is 3.72. The molecule has 0 saturated carbocycles. The normalized spacial score (nSPS) is 19.4. The first-order valence-electron chi connectivity index (χ1n) is 2.84. The second-order valence-electron chi connectivity index (χ2n) is 2.29. The lowest BCUT2D eigenvalue weighted by Crippen LogP contribution is -2.44. The highest BCUT2D eigenvalue weighted by atomic mass is 15.6. The van der Waals surface area contributed by atoms with E-state index in [0.717, 1.165) is 13.0 Å². The van der Waals surface area contributed by atoms with E-state index in [1.807, 2.05) is 14.1 Å². The van der Waals surface area contributed by atoms with Crippen molar-refractivity contribution in [3.63, 3.8) is 0 Å². The molecule has 1 saturated heterocycles. The SMILES string of the molecule is C=C1CCN1N(C)C. The summed E-state index contributed by atoms with van der Waals surface area (Å²) in [6.07, 6.45) is 1.16. The molecule has 0 radical (unpaired) electrons. The topological polar surface area (TPSA) is 6.48 Å². The smallest absolute Gasteiger partial charge is 0.0397 e. The molecule has 1 fully saturated rings. The molecule has 0 amide bonds. The Balaban J connectivity index is 2.37. The van der Waals surface area contributed by atoms with Crippen LogP contribution in [0.15, 0.2) is 12.3 Å². The van der Waals surface area contributed by atoms with Gasteiger partial charge in [0.2, 0.25) is 0 Å². The molecule has 0 N–H and O–H groups in total. The average molecular weight is 112 g/mol. The maximum atomic E-state index is 3.85. The van der Waals surface area contributed by atoms with Gasteiger partial charge >= 0.3 is 0 Å². The maximum absolute atomic E-state index is 3.85. The van der Waals surface area contributed by atoms with Crippen molar-refractivity contribution in [1.82, 2.24) is 10.0 Å². The van der Waals surface area contributed by atoms with E-state index >= 15 is 0 Å². The molecule has 0 spiro atoms. The van der Waals surface area contributed by atoms with Gasteiger partial charge in [0, 0.05) is 32.8 Å². The molecule has 0 aromatic rings. The highest BCUT2D eigenvalue weighted by Crippen LogP contribution is 2.18. The molecule has 1 rings (SSSR count). The predicted octanol–water partition coefficient (Wildman–Crippen LogP) is 0.682. The lowest BCUT2D eigenvalue weighted by Gasteiger charge is -2.40. The van der Waals surface area contributed by atoms with Crippen LogP contribution >= 0.6 is 0 Å². The fourth-order valence-electron chi connectivity index (χ4n) is 0.853. The largest absolute Gasteiger partial charge is 0.311 e. The Kier molecular flexibility index (Phi) is 1.26. The van der Waals surface area contributed by atoms with Crippen LogP contribution in [0.25, 0.3) is 0 Å². The van der Waals surface area contributed by atoms with Gasteiger partial charge in [-0.2, -0.15) is 0 Å². The zero-order valence-corrected chi connectivity index (χ0v) is 5.52. The summed E-state index contributed by atoms with van der Waals surface area (Å²) in [5, 5.41) is 4.21. The van der Waals surface area contributed by atoms with Gasteiger partial charge < -0.3 is 5.01 Å². The predicted molar refractivity (Wildman–Crippen MR) is 34.1 cm³/mol. The average Bonchev–Trinajstić information content (AvgIpc) is 1.61. The zero-order valence-electron chi connectivity index (χ0n) is 5.52. The van der Waals surface area contributed by atoms with E-state index in [0.29, 0.717) is 0 Å². The summed E-state index contributed by atoms with van der Waals surface area (Å²) in [5.41, 5.74) is 1.23. The van der Waals surface area contributed by atoms with E-state index in [2.05, 4.69) is 16.6 Å². The van der Waals surface area contributed by atoms with Gasteiger partial charge in [-0.05, 0) is 0 Å². The Hall–Kier alpha value is -0.500. The van der Waals surface area contributed by atoms with E-state index < -0.39 is 0 Å². The van der Waals surface area contributed by atoms with Crippen molar-refractivity contribution in [2.24, 2.45) is 0 Å². The van der Waals surface area contributed by atoms with E-state index in [1.54, 1.807) is 0 Å². The Bertz CT molecular complexity index is 107. The van der Waals surface area contributed by atoms with Crippen LogP contribution in [0.4, 0.5) is 0 Å². The highest BCUT2D eigenvalue weighted by Gasteiger charge is 2.18. The van der Waals surface area contributed by atoms with Crippen LogP contribution in [-0.4, -0.2) is 30.7 Å². The lowest BCUT2D eigenvalue weighted by molar-refractivity contribution is 0.0181. The second-order valence-corrected chi connectivity index (χ2v) is 2.29. The molecule has 0 bridgehead atoms. The van der Waals surface area contributed by atoms with Crippen LogP contribution in [0.3, 0.4) is 0 Å². The van der Waals surface area contributed by atoms with Crippen molar-refractivity contribution in [1.29, 1.82) is 0 Å². The van der Waals surface area contributed by atoms with Gasteiger partial charge in [0.15, 0.2) is 0 Å². The van der Waals surface area contributed by atoms with Gasteiger partial charge in [0.1, 0.15) is 0 Å². The summed E-state index contributed by atoms with van der Waals surface area (Å²) in [4.78, 5) is 0. The number of nitrogens with zero attached hydrogens (tertiary/aromatic N) is 2. The highest BCUT2D eigenvalue weighted by molar-refractivity contribution is 5.01. The fourth-order valence-corrected chi connectivity index (χ4v) is 0.853. The van der Waals surface area contributed by atoms with Crippen LogP contribution in [0.2, 0.25) is 0 Å². The summed E-state index contributed by atoms with van der Waals surface area (Å²) >= 11 is 0. The maximum Gasteiger partial charge on any atom is 0.0397 e. The molecular formula is C6H12N2. The summed E-state index contributed by atoms with van der Waals surface area (Å²) in [5.74, 6) is 0. The van der Waals surface area contributed by atoms with E-state index in [4.69, 9.17) is 0 Å². The van der Waals surface area contributed by atoms with Crippen LogP contribution in [0.5, 0.6) is 0 Å². The van der Waals surface area contributed by atoms with Crippen molar-refractivity contribution in [2.45, 2.75) is 6.42 Å². The van der Waals surface area contributed by atoms with Gasteiger partial charge in [-0.15, -0.1) is 0 Å². The molecule has 0 aromatic carbocycles. The Morgan fingerprint density at radius 2 is 2.25 bits per heavy atom. The van der Waals surface area contributed by atoms with E-state index in [9.17, 15) is 0 Å². The molecule has 46 valence electrons. The number of hydrogen-bond donors (Lipinski definition) is 0. The fraction of sp³-hybridized carbons (Fsp3) is 0.667. The van der Waals surface area contributed by atoms with Gasteiger partial charge in [-0.25, -0.2) is 5.01 Å². The van der Waals surface area contributed by atoms with E-state index in [1.165, 1.54) is 5.70 Å². The number of rotatable bonds is 1. The molecular weight excluding hydrogens is 100 g/mol. The second kappa shape index (κ2) is 1.78. The van der Waals surface area contributed by atoms with Crippen molar-refractivity contribution < 1.29 is 0 Å². The van der Waals surface area contributed by atoms with Crippen LogP contribution in [0.1, 0.15) is 6.42 Å². The van der Waals surface area contributed by atoms with Crippen LogP contribution in [0, 0.1) is 0 Å². The minimum atomic E-state index is 1.14. The van der Waals surface area contributed by atoms with Crippen LogP contribution < -0.4 is 0 Å². The minimum Gasteiger partial charge on any atom is -0.311 e. The molecule has 1 aliphatic rings. The monoisotopic (exact) mass is 112 g/mol. The van der Waals surface area contributed by atoms with Gasteiger partial charge in [0.25, 0.3) is 0 Å². The summed E-state index contributed by atoms with van der Waals surface area (Å²) in [6.45, 7) is 4.99. The number of hydrogen-bond acceptors (Lipinski definition) is 2. The van der Waals surface area contributed by atoms with Gasteiger partial charge in [0.05, 0.1) is 0 Å². The Morgan fingerprint density at radius 3 is 2.25 bits per heavy atom. The Morgan fingerprint density at radius 1 is 1.62 bits per heavy atom. The molecule has 0 atom stereocenters. The van der Waals surface area contributed by atoms with Crippen molar-refractivity contribution in [3.05, 3.63) is 12.3 Å². The molecule has 8 heavy (non-hydrogen) atoms. The van der Waals surface area contributed by atoms with Crippen molar-refractivity contribution in [3.8, 4) is 0 Å². The van der Waals surface area contributed by atoms with E-state index in [-0.39, 0.29) is 0 Å². The standard InChI is InChI=1S/C6H12N2/c1-6-4-5-8(6)7(2)3/h1,4-5H2,2-3H3. The Labute approximate surface area is 50.4 Å². The summed E-state index contributed by atoms with van der Waals surface area (Å²) in [7, 11) is 4.06. The summed E-state index contributed by atoms with van der Waals surface area (Å²) < 4.78 is 0. The van der Waals surface area contributed by atoms with Gasteiger partial charge in [-0.1, -0.05) is 6.58 Å². The molecule has 2 nitrogen and oxygen atoms in total. The zero-order chi connectivity index (χ0) is 6.15. The summed E-state index contributed by atoms with van der Waals surface area (Å²) in [6, 6.07) is 0. The van der Waals surface area contributed by atoms with Gasteiger partial charge in [-0.3, -0.25) is 0 Å². The third-order valence-electron chi connectivity index (χ3n) is 1.46. The first-order valence-corrected chi connectivity index (χ1v) is 2.84. The third-order valence-corrected chi connectivity index (χ3v) is 1.46. The molecule has 1 heterocycles. The van der Waals surface area contributed by atoms with Crippen molar-refractivity contribution in [2.75, 3.05) is 20.6 Å². The molecule has 2 heteroatoms. The quantitative estimate of drug-likeness (QED) is 0.492. The third kappa shape index (κ3) is 0.713. The lowest BCUT2D eigenvalue weighted by atomic mass is 10.2. The van der Waals surface area contributed by atoms with Crippen LogP contribution in [-0.2, 0) is 0 Å². The molecule has 0 aliphatic carbocycles. The van der Waals surface area contributed by atoms with Crippen molar-refractivity contribution >= 4 is 0 Å². The minimum absolute atomic E-state index is 1.14. The molecule has 0 aromatic heterocycles. The first kappa shape index (κ1) is 5.63.